The minimum Gasteiger partial charge on any atom is -0.488 e. The molecule has 0 saturated heterocycles. The Morgan fingerprint density at radius 3 is 2.45 bits per heavy atom. The van der Waals surface area contributed by atoms with Crippen LogP contribution in [0, 0.1) is 5.82 Å². The third kappa shape index (κ3) is 6.72. The molecular formula is C13H17F4NO2. The maximum Gasteiger partial charge on any atom is 0.522 e. The summed E-state index contributed by atoms with van der Waals surface area (Å²) >= 11 is 0. The molecule has 0 aromatic heterocycles. The normalized spacial score (nSPS) is 11.9. The lowest BCUT2D eigenvalue weighted by atomic mass is 10.2. The molecule has 7 heteroatoms. The van der Waals surface area contributed by atoms with Crippen molar-refractivity contribution in [1.29, 1.82) is 0 Å². The molecule has 1 aromatic carbocycles. The second kappa shape index (κ2) is 7.44. The van der Waals surface area contributed by atoms with E-state index < -0.39 is 18.8 Å². The number of halogens is 4. The predicted octanol–water partition coefficient (Wildman–Crippen LogP) is 3.24. The van der Waals surface area contributed by atoms with Crippen LogP contribution in [-0.4, -0.2) is 25.6 Å². The number of rotatable bonds is 7. The van der Waals surface area contributed by atoms with Gasteiger partial charge in [-0.1, -0.05) is 19.9 Å². The molecule has 0 amide bonds. The number of hydrogen-bond donors (Lipinski definition) is 1. The van der Waals surface area contributed by atoms with E-state index in [-0.39, 0.29) is 18.4 Å². The van der Waals surface area contributed by atoms with E-state index in [1.165, 1.54) is 12.1 Å². The molecule has 0 spiro atoms. The van der Waals surface area contributed by atoms with E-state index in [0.717, 1.165) is 5.56 Å². The summed E-state index contributed by atoms with van der Waals surface area (Å²) in [5.41, 5.74) is 0.732. The highest BCUT2D eigenvalue weighted by molar-refractivity contribution is 5.29. The van der Waals surface area contributed by atoms with Crippen molar-refractivity contribution >= 4 is 0 Å². The molecule has 1 rings (SSSR count). The zero-order valence-electron chi connectivity index (χ0n) is 11.3. The highest BCUT2D eigenvalue weighted by Gasteiger charge is 2.28. The van der Waals surface area contributed by atoms with E-state index in [9.17, 15) is 17.6 Å². The van der Waals surface area contributed by atoms with E-state index in [1.54, 1.807) is 6.07 Å². The molecule has 0 fully saturated rings. The van der Waals surface area contributed by atoms with Crippen LogP contribution in [0.15, 0.2) is 18.2 Å². The molecule has 20 heavy (non-hydrogen) atoms. The molecule has 0 atom stereocenters. The highest BCUT2D eigenvalue weighted by Crippen LogP contribution is 2.19. The van der Waals surface area contributed by atoms with Crippen LogP contribution in [0.4, 0.5) is 17.6 Å². The van der Waals surface area contributed by atoms with Gasteiger partial charge < -0.3 is 10.1 Å². The van der Waals surface area contributed by atoms with Crippen LogP contribution in [0.3, 0.4) is 0 Å². The average molecular weight is 295 g/mol. The molecule has 3 nitrogen and oxygen atoms in total. The SMILES string of the molecule is CC(C)NCc1ccc(OCCOC(F)(F)F)c(F)c1. The summed E-state index contributed by atoms with van der Waals surface area (Å²) in [6.07, 6.45) is -4.70. The fraction of sp³-hybridized carbons (Fsp3) is 0.538. The summed E-state index contributed by atoms with van der Waals surface area (Å²) in [5, 5.41) is 3.12. The Kier molecular flexibility index (Phi) is 6.22. The molecule has 0 saturated carbocycles. The molecule has 0 unspecified atom stereocenters. The second-order valence-corrected chi connectivity index (χ2v) is 4.44. The van der Waals surface area contributed by atoms with Crippen LogP contribution >= 0.6 is 0 Å². The quantitative estimate of drug-likeness (QED) is 0.619. The number of nitrogens with one attached hydrogen (secondary N) is 1. The first kappa shape index (κ1) is 16.7. The smallest absolute Gasteiger partial charge is 0.488 e. The monoisotopic (exact) mass is 295 g/mol. The summed E-state index contributed by atoms with van der Waals surface area (Å²) < 4.78 is 57.1. The Morgan fingerprint density at radius 2 is 1.90 bits per heavy atom. The van der Waals surface area contributed by atoms with Gasteiger partial charge in [0, 0.05) is 12.6 Å². The highest BCUT2D eigenvalue weighted by atomic mass is 19.4. The minimum absolute atomic E-state index is 0.0935. The Balaban J connectivity index is 2.43. The van der Waals surface area contributed by atoms with E-state index in [2.05, 4.69) is 10.1 Å². The summed E-state index contributed by atoms with van der Waals surface area (Å²) in [5.74, 6) is -0.705. The van der Waals surface area contributed by atoms with E-state index in [1.807, 2.05) is 13.8 Å². The predicted molar refractivity (Wildman–Crippen MR) is 65.9 cm³/mol. The average Bonchev–Trinajstić information content (AvgIpc) is 2.32. The topological polar surface area (TPSA) is 30.5 Å². The lowest BCUT2D eigenvalue weighted by Crippen LogP contribution is -2.21. The Morgan fingerprint density at radius 1 is 1.20 bits per heavy atom. The second-order valence-electron chi connectivity index (χ2n) is 4.44. The van der Waals surface area contributed by atoms with Crippen molar-refractivity contribution in [2.45, 2.75) is 32.8 Å². The van der Waals surface area contributed by atoms with Crippen LogP contribution < -0.4 is 10.1 Å². The number of hydrogen-bond acceptors (Lipinski definition) is 3. The summed E-state index contributed by atoms with van der Waals surface area (Å²) in [6.45, 7) is 3.38. The van der Waals surface area contributed by atoms with Gasteiger partial charge in [-0.3, -0.25) is 4.74 Å². The van der Waals surface area contributed by atoms with Gasteiger partial charge in [0.2, 0.25) is 0 Å². The summed E-state index contributed by atoms with van der Waals surface area (Å²) in [7, 11) is 0. The fourth-order valence-corrected chi connectivity index (χ4v) is 1.40. The van der Waals surface area contributed by atoms with Crippen LogP contribution in [-0.2, 0) is 11.3 Å². The Hall–Kier alpha value is -1.34. The largest absolute Gasteiger partial charge is 0.522 e. The van der Waals surface area contributed by atoms with E-state index in [4.69, 9.17) is 4.74 Å². The van der Waals surface area contributed by atoms with Crippen LogP contribution in [0.1, 0.15) is 19.4 Å². The van der Waals surface area contributed by atoms with Crippen molar-refractivity contribution in [3.63, 3.8) is 0 Å². The first-order valence-electron chi connectivity index (χ1n) is 6.13. The Bertz CT molecular complexity index is 421. The standard InChI is InChI=1S/C13H17F4NO2/c1-9(2)18-8-10-3-4-12(11(14)7-10)19-5-6-20-13(15,16)17/h3-4,7,9,18H,5-6,8H2,1-2H3. The van der Waals surface area contributed by atoms with Gasteiger partial charge >= 0.3 is 6.36 Å². The maximum absolute atomic E-state index is 13.6. The van der Waals surface area contributed by atoms with Gasteiger partial charge in [-0.2, -0.15) is 0 Å². The van der Waals surface area contributed by atoms with Gasteiger partial charge in [0.1, 0.15) is 6.61 Å². The zero-order valence-corrected chi connectivity index (χ0v) is 11.3. The lowest BCUT2D eigenvalue weighted by molar-refractivity contribution is -0.325. The lowest BCUT2D eigenvalue weighted by Gasteiger charge is -2.11. The van der Waals surface area contributed by atoms with Crippen molar-refractivity contribution in [2.24, 2.45) is 0 Å². The van der Waals surface area contributed by atoms with Gasteiger partial charge in [-0.05, 0) is 17.7 Å². The molecule has 0 aliphatic rings. The van der Waals surface area contributed by atoms with Crippen molar-refractivity contribution < 1.29 is 27.0 Å². The van der Waals surface area contributed by atoms with Crippen LogP contribution in [0.25, 0.3) is 0 Å². The van der Waals surface area contributed by atoms with Gasteiger partial charge in [0.15, 0.2) is 11.6 Å². The third-order valence-electron chi connectivity index (χ3n) is 2.32. The zero-order chi connectivity index (χ0) is 15.2. The van der Waals surface area contributed by atoms with Crippen molar-refractivity contribution in [1.82, 2.24) is 5.32 Å². The number of alkyl halides is 3. The molecule has 114 valence electrons. The first-order valence-corrected chi connectivity index (χ1v) is 6.13. The van der Waals surface area contributed by atoms with Gasteiger partial charge in [-0.15, -0.1) is 13.2 Å². The molecule has 0 aliphatic heterocycles. The van der Waals surface area contributed by atoms with Crippen molar-refractivity contribution in [3.8, 4) is 5.75 Å². The summed E-state index contributed by atoms with van der Waals surface area (Å²) in [6, 6.07) is 4.60. The minimum atomic E-state index is -4.70. The first-order chi connectivity index (χ1) is 9.28. The van der Waals surface area contributed by atoms with Gasteiger partial charge in [0.05, 0.1) is 6.61 Å². The van der Waals surface area contributed by atoms with E-state index in [0.29, 0.717) is 6.54 Å². The van der Waals surface area contributed by atoms with Crippen LogP contribution in [0.5, 0.6) is 5.75 Å². The van der Waals surface area contributed by atoms with Crippen molar-refractivity contribution in [2.75, 3.05) is 13.2 Å². The molecule has 0 radical (unpaired) electrons. The van der Waals surface area contributed by atoms with Gasteiger partial charge in [0.25, 0.3) is 0 Å². The molecule has 0 bridgehead atoms. The van der Waals surface area contributed by atoms with Crippen molar-refractivity contribution in [3.05, 3.63) is 29.6 Å². The summed E-state index contributed by atoms with van der Waals surface area (Å²) in [4.78, 5) is 0. The molecular weight excluding hydrogens is 278 g/mol. The molecule has 0 heterocycles. The van der Waals surface area contributed by atoms with Crippen LogP contribution in [0.2, 0.25) is 0 Å². The third-order valence-corrected chi connectivity index (χ3v) is 2.32. The van der Waals surface area contributed by atoms with Gasteiger partial charge in [-0.25, -0.2) is 4.39 Å². The number of benzene rings is 1. The number of ether oxygens (including phenoxy) is 2. The fourth-order valence-electron chi connectivity index (χ4n) is 1.40. The Labute approximate surface area is 114 Å². The maximum atomic E-state index is 13.6. The molecule has 1 N–H and O–H groups in total. The molecule has 0 aliphatic carbocycles. The van der Waals surface area contributed by atoms with E-state index >= 15 is 0 Å². The molecule has 1 aromatic rings.